The average Bonchev–Trinajstić information content (AvgIpc) is 0.940. The molecule has 102 heavy (non-hydrogen) atoms. The minimum absolute atomic E-state index is 0.0148. The molecule has 0 aromatic carbocycles. The molecule has 0 aromatic heterocycles. The molecule has 19 heteroatoms. The number of phosphoric ester groups is 2. The fraction of sp³-hybridized carbons (Fsp3) is 0.639. The number of hydrogen-bond acceptors (Lipinski definition) is 15. The van der Waals surface area contributed by atoms with E-state index in [2.05, 4.69) is 149 Å². The molecule has 0 saturated heterocycles. The van der Waals surface area contributed by atoms with Gasteiger partial charge in [-0.05, 0) is 122 Å². The quantitative estimate of drug-likeness (QED) is 0.0169. The van der Waals surface area contributed by atoms with Crippen LogP contribution in [0.15, 0.2) is 158 Å². The van der Waals surface area contributed by atoms with Crippen LogP contribution in [0.5, 0.6) is 0 Å². The lowest BCUT2D eigenvalue weighted by Gasteiger charge is -2.21. The zero-order valence-electron chi connectivity index (χ0n) is 63.2. The maximum Gasteiger partial charge on any atom is 0.472 e. The van der Waals surface area contributed by atoms with Crippen LogP contribution in [-0.4, -0.2) is 96.7 Å². The number of allylic oxidation sites excluding steroid dienone is 26. The van der Waals surface area contributed by atoms with E-state index in [4.69, 9.17) is 37.0 Å². The zero-order valence-corrected chi connectivity index (χ0v) is 65.0. The highest BCUT2D eigenvalue weighted by molar-refractivity contribution is 7.47. The number of unbranched alkanes of at least 4 members (excludes halogenated alkanes) is 19. The summed E-state index contributed by atoms with van der Waals surface area (Å²) in [5.41, 5.74) is 0. The highest BCUT2D eigenvalue weighted by Gasteiger charge is 2.30. The van der Waals surface area contributed by atoms with Crippen molar-refractivity contribution in [1.29, 1.82) is 0 Å². The molecule has 0 saturated carbocycles. The summed E-state index contributed by atoms with van der Waals surface area (Å²) < 4.78 is 68.3. The van der Waals surface area contributed by atoms with E-state index < -0.39 is 97.5 Å². The van der Waals surface area contributed by atoms with Gasteiger partial charge in [-0.3, -0.25) is 37.3 Å². The van der Waals surface area contributed by atoms with Crippen molar-refractivity contribution >= 4 is 39.5 Å². The SMILES string of the molecule is CC/C=C\C/C=C\C/C=C\C/C=C\C/C=C\C/C=C\CCC(=O)OCC(COP(=O)(O)OCC(O)COP(=O)(O)OCC(COC(=O)CCCCCCCCCCCCCCC)OC(=O)CCCCCCC/C=C\CCCC)OC(=O)CC/C=C\C/C=C\C/C=C\C/C=C\C/C=C\C/C=C\CC. The van der Waals surface area contributed by atoms with Crippen LogP contribution in [-0.2, 0) is 65.4 Å². The maximum atomic E-state index is 13.1. The van der Waals surface area contributed by atoms with E-state index in [1.807, 2.05) is 36.5 Å². The molecule has 5 atom stereocenters. The third-order valence-corrected chi connectivity index (χ3v) is 17.4. The Morgan fingerprint density at radius 3 is 0.892 bits per heavy atom. The lowest BCUT2D eigenvalue weighted by atomic mass is 10.0. The van der Waals surface area contributed by atoms with E-state index >= 15 is 0 Å². The van der Waals surface area contributed by atoms with E-state index in [0.717, 1.165) is 122 Å². The van der Waals surface area contributed by atoms with Crippen LogP contribution in [0.2, 0.25) is 0 Å². The summed E-state index contributed by atoms with van der Waals surface area (Å²) in [5, 5.41) is 10.6. The summed E-state index contributed by atoms with van der Waals surface area (Å²) in [6, 6.07) is 0. The second-order valence-electron chi connectivity index (χ2n) is 25.2. The van der Waals surface area contributed by atoms with Gasteiger partial charge in [0.1, 0.15) is 19.3 Å². The maximum absolute atomic E-state index is 13.1. The Labute approximate surface area is 617 Å². The summed E-state index contributed by atoms with van der Waals surface area (Å²) in [7, 11) is -10.0. The van der Waals surface area contributed by atoms with Crippen molar-refractivity contribution in [3.63, 3.8) is 0 Å². The smallest absolute Gasteiger partial charge is 0.462 e. The summed E-state index contributed by atoms with van der Waals surface area (Å²) in [4.78, 5) is 72.8. The van der Waals surface area contributed by atoms with Crippen LogP contribution in [0.1, 0.15) is 285 Å². The molecule has 0 aliphatic heterocycles. The Balaban J connectivity index is 5.49. The second-order valence-corrected chi connectivity index (χ2v) is 28.1. The van der Waals surface area contributed by atoms with Crippen molar-refractivity contribution in [3.8, 4) is 0 Å². The van der Waals surface area contributed by atoms with Crippen LogP contribution in [0.25, 0.3) is 0 Å². The number of phosphoric acid groups is 2. The molecular formula is C83H136O17P2. The molecule has 0 rings (SSSR count). The van der Waals surface area contributed by atoms with Gasteiger partial charge in [-0.1, -0.05) is 295 Å². The minimum atomic E-state index is -5.02. The number of aliphatic hydroxyl groups excluding tert-OH is 1. The standard InChI is InChI=1S/C83H136O17P2/c1-5-9-13-17-21-25-29-32-34-36-38-40-42-45-49-52-56-60-64-68-81(86)94-74-79(100-83(88)70-66-62-58-54-50-46-43-41-39-37-35-33-30-26-22-18-14-10-6-2)76-98-102(91,92)96-72-77(84)71-95-101(89,90)97-75-78(99-82(87)69-65-61-57-53-47-28-24-20-16-12-8-4)73-93-80(85)67-63-59-55-51-48-44-31-27-23-19-15-11-7-3/h9-10,13-14,20-22,24-26,32-35,38-41,45-46,49-50,56,58,60,62,77-79,84H,5-8,11-12,15-19,23,27-31,36-37,42-44,47-48,51-55,57,59,61,63-76H2,1-4H3,(H,89,90)(H,91,92)/b13-9-,14-10-,24-20-,25-21-,26-22-,34-32-,35-33-,40-38-,41-39-,49-45-,50-46-,60-56-,62-58-. The Kier molecular flexibility index (Phi) is 70.1. The monoisotopic (exact) mass is 1470 g/mol. The summed E-state index contributed by atoms with van der Waals surface area (Å²) in [6.45, 7) is 4.41. The van der Waals surface area contributed by atoms with Gasteiger partial charge in [-0.2, -0.15) is 0 Å². The Morgan fingerprint density at radius 1 is 0.284 bits per heavy atom. The Bertz CT molecular complexity index is 2550. The molecule has 0 amide bonds. The number of esters is 4. The number of rotatable bonds is 71. The normalized spacial score (nSPS) is 14.8. The molecule has 0 radical (unpaired) electrons. The molecule has 0 bridgehead atoms. The van der Waals surface area contributed by atoms with E-state index in [-0.39, 0.29) is 25.7 Å². The van der Waals surface area contributed by atoms with Crippen molar-refractivity contribution in [1.82, 2.24) is 0 Å². The molecule has 0 fully saturated rings. The topological polar surface area (TPSA) is 237 Å². The van der Waals surface area contributed by atoms with E-state index in [9.17, 15) is 43.2 Å². The van der Waals surface area contributed by atoms with Crippen molar-refractivity contribution in [2.75, 3.05) is 39.6 Å². The Hall–Kier alpha value is -5.32. The van der Waals surface area contributed by atoms with Gasteiger partial charge in [0.2, 0.25) is 0 Å². The third-order valence-electron chi connectivity index (χ3n) is 15.5. The van der Waals surface area contributed by atoms with Crippen LogP contribution in [0.3, 0.4) is 0 Å². The predicted molar refractivity (Wildman–Crippen MR) is 417 cm³/mol. The minimum Gasteiger partial charge on any atom is -0.462 e. The number of aliphatic hydroxyl groups is 1. The number of ether oxygens (including phenoxy) is 4. The summed E-state index contributed by atoms with van der Waals surface area (Å²) >= 11 is 0. The summed E-state index contributed by atoms with van der Waals surface area (Å²) in [5.74, 6) is -2.39. The van der Waals surface area contributed by atoms with E-state index in [0.29, 0.717) is 38.5 Å². The van der Waals surface area contributed by atoms with Gasteiger partial charge in [0.05, 0.1) is 26.4 Å². The molecule has 580 valence electrons. The van der Waals surface area contributed by atoms with Crippen molar-refractivity contribution in [2.45, 2.75) is 303 Å². The molecule has 0 aromatic rings. The predicted octanol–water partition coefficient (Wildman–Crippen LogP) is 22.4. The van der Waals surface area contributed by atoms with Crippen LogP contribution < -0.4 is 0 Å². The lowest BCUT2D eigenvalue weighted by molar-refractivity contribution is -0.161. The Morgan fingerprint density at radius 2 is 0.539 bits per heavy atom. The first-order chi connectivity index (χ1) is 49.7. The van der Waals surface area contributed by atoms with Gasteiger partial charge >= 0.3 is 39.5 Å². The van der Waals surface area contributed by atoms with Crippen LogP contribution in [0.4, 0.5) is 0 Å². The molecule has 17 nitrogen and oxygen atoms in total. The number of carbonyl (C=O) groups excluding carboxylic acids is 4. The molecule has 5 unspecified atom stereocenters. The first-order valence-corrected chi connectivity index (χ1v) is 41.7. The van der Waals surface area contributed by atoms with Gasteiger partial charge in [-0.15, -0.1) is 0 Å². The van der Waals surface area contributed by atoms with Crippen LogP contribution >= 0.6 is 15.6 Å². The lowest BCUT2D eigenvalue weighted by Crippen LogP contribution is -2.30. The van der Waals surface area contributed by atoms with Crippen molar-refractivity contribution in [3.05, 3.63) is 158 Å². The molecule has 0 heterocycles. The first-order valence-electron chi connectivity index (χ1n) is 38.7. The molecular weight excluding hydrogens is 1330 g/mol. The fourth-order valence-electron chi connectivity index (χ4n) is 9.66. The largest absolute Gasteiger partial charge is 0.472 e. The van der Waals surface area contributed by atoms with Crippen molar-refractivity contribution in [2.24, 2.45) is 0 Å². The first kappa shape index (κ1) is 96.7. The third kappa shape index (κ3) is 73.0. The average molecular weight is 1470 g/mol. The van der Waals surface area contributed by atoms with E-state index in [1.165, 1.54) is 70.6 Å². The van der Waals surface area contributed by atoms with Crippen LogP contribution in [0, 0.1) is 0 Å². The summed E-state index contributed by atoms with van der Waals surface area (Å²) in [6.07, 6.45) is 85.6. The zero-order chi connectivity index (χ0) is 74.6. The number of hydrogen-bond donors (Lipinski definition) is 3. The van der Waals surface area contributed by atoms with Gasteiger partial charge in [-0.25, -0.2) is 9.13 Å². The number of carbonyl (C=O) groups is 4. The van der Waals surface area contributed by atoms with Crippen molar-refractivity contribution < 1.29 is 80.2 Å². The molecule has 0 aliphatic carbocycles. The molecule has 3 N–H and O–H groups in total. The highest BCUT2D eigenvalue weighted by Crippen LogP contribution is 2.45. The second kappa shape index (κ2) is 74.0. The van der Waals surface area contributed by atoms with Gasteiger partial charge in [0.25, 0.3) is 0 Å². The fourth-order valence-corrected chi connectivity index (χ4v) is 11.2. The van der Waals surface area contributed by atoms with Gasteiger partial charge in [0, 0.05) is 25.7 Å². The van der Waals surface area contributed by atoms with Gasteiger partial charge < -0.3 is 33.8 Å². The highest BCUT2D eigenvalue weighted by atomic mass is 31.2. The van der Waals surface area contributed by atoms with E-state index in [1.54, 1.807) is 0 Å². The molecule has 0 spiro atoms. The van der Waals surface area contributed by atoms with Gasteiger partial charge in [0.15, 0.2) is 12.2 Å². The molecule has 0 aliphatic rings.